The van der Waals surface area contributed by atoms with E-state index in [1.54, 1.807) is 0 Å². The number of nitrogens with two attached hydrogens (primary N) is 1. The van der Waals surface area contributed by atoms with Crippen LogP contribution in [-0.4, -0.2) is 10.2 Å². The van der Waals surface area contributed by atoms with Crippen LogP contribution in [0.1, 0.15) is 50.1 Å². The molecule has 1 fully saturated rings. The Morgan fingerprint density at radius 2 is 1.88 bits per heavy atom. The molecule has 3 rings (SSSR count). The molecule has 3 N–H and O–H groups in total. The summed E-state index contributed by atoms with van der Waals surface area (Å²) in [6.07, 6.45) is 7.95. The quantitative estimate of drug-likeness (QED) is 0.580. The van der Waals surface area contributed by atoms with Crippen LogP contribution in [0.4, 0.5) is 5.69 Å². The van der Waals surface area contributed by atoms with Gasteiger partial charge in [0.05, 0.1) is 5.52 Å². The van der Waals surface area contributed by atoms with Crippen molar-refractivity contribution in [1.29, 1.82) is 0 Å². The van der Waals surface area contributed by atoms with E-state index in [-0.39, 0.29) is 0 Å². The molecule has 1 aliphatic carbocycles. The van der Waals surface area contributed by atoms with Gasteiger partial charge >= 0.3 is 0 Å². The van der Waals surface area contributed by atoms with Crippen molar-refractivity contribution in [1.82, 2.24) is 10.2 Å². The van der Waals surface area contributed by atoms with Gasteiger partial charge in [-0.1, -0.05) is 31.7 Å². The van der Waals surface area contributed by atoms with Gasteiger partial charge in [0.15, 0.2) is 0 Å². The molecule has 17 heavy (non-hydrogen) atoms. The standard InChI is InChI=1S/C14H19N3/c15-11-8-5-9-12-13(11)14(17-16-12)10-6-3-1-2-4-7-10/h5,8-10H,1-4,6-7,15H2,(H,16,17). The second-order valence-corrected chi connectivity index (χ2v) is 5.07. The molecular weight excluding hydrogens is 210 g/mol. The molecule has 1 aromatic carbocycles. The molecule has 3 heteroatoms. The van der Waals surface area contributed by atoms with Crippen LogP contribution in [0.5, 0.6) is 0 Å². The van der Waals surface area contributed by atoms with Crippen molar-refractivity contribution in [3.05, 3.63) is 23.9 Å². The summed E-state index contributed by atoms with van der Waals surface area (Å²) in [5.41, 5.74) is 9.21. The van der Waals surface area contributed by atoms with Gasteiger partial charge in [0.25, 0.3) is 0 Å². The highest BCUT2D eigenvalue weighted by molar-refractivity contribution is 5.92. The number of hydrogen-bond acceptors (Lipinski definition) is 2. The average molecular weight is 229 g/mol. The van der Waals surface area contributed by atoms with Gasteiger partial charge < -0.3 is 5.73 Å². The first kappa shape index (κ1) is 10.6. The second kappa shape index (κ2) is 4.40. The van der Waals surface area contributed by atoms with Crippen molar-refractivity contribution in [3.8, 4) is 0 Å². The molecule has 1 aromatic heterocycles. The molecule has 1 aliphatic rings. The zero-order valence-corrected chi connectivity index (χ0v) is 10.1. The van der Waals surface area contributed by atoms with Crippen molar-refractivity contribution >= 4 is 16.6 Å². The van der Waals surface area contributed by atoms with E-state index in [0.717, 1.165) is 16.6 Å². The minimum absolute atomic E-state index is 0.618. The highest BCUT2D eigenvalue weighted by atomic mass is 15.1. The van der Waals surface area contributed by atoms with E-state index < -0.39 is 0 Å². The van der Waals surface area contributed by atoms with Crippen LogP contribution in [0.3, 0.4) is 0 Å². The summed E-state index contributed by atoms with van der Waals surface area (Å²) in [6.45, 7) is 0. The lowest BCUT2D eigenvalue weighted by Gasteiger charge is -2.12. The van der Waals surface area contributed by atoms with E-state index in [4.69, 9.17) is 5.73 Å². The summed E-state index contributed by atoms with van der Waals surface area (Å²) in [7, 11) is 0. The normalized spacial score (nSPS) is 18.4. The summed E-state index contributed by atoms with van der Waals surface area (Å²) < 4.78 is 0. The zero-order valence-electron chi connectivity index (χ0n) is 10.1. The Balaban J connectivity index is 2.04. The van der Waals surface area contributed by atoms with Crippen molar-refractivity contribution in [3.63, 3.8) is 0 Å². The topological polar surface area (TPSA) is 54.7 Å². The Morgan fingerprint density at radius 3 is 2.65 bits per heavy atom. The maximum Gasteiger partial charge on any atom is 0.0944 e. The zero-order chi connectivity index (χ0) is 11.7. The number of benzene rings is 1. The first-order valence-electron chi connectivity index (χ1n) is 6.59. The summed E-state index contributed by atoms with van der Waals surface area (Å²) >= 11 is 0. The average Bonchev–Trinajstić information content (AvgIpc) is 2.59. The smallest absolute Gasteiger partial charge is 0.0944 e. The van der Waals surface area contributed by atoms with Crippen LogP contribution in [0.25, 0.3) is 10.9 Å². The summed E-state index contributed by atoms with van der Waals surface area (Å²) in [5, 5.41) is 8.75. The fraction of sp³-hybridized carbons (Fsp3) is 0.500. The van der Waals surface area contributed by atoms with E-state index in [0.29, 0.717) is 5.92 Å². The number of aromatic nitrogens is 2. The van der Waals surface area contributed by atoms with Gasteiger partial charge in [-0.05, 0) is 25.0 Å². The van der Waals surface area contributed by atoms with Gasteiger partial charge in [0.1, 0.15) is 0 Å². The van der Waals surface area contributed by atoms with Crippen molar-refractivity contribution in [2.45, 2.75) is 44.4 Å². The SMILES string of the molecule is Nc1cccc2n[nH]c(C3CCCCCC3)c12. The van der Waals surface area contributed by atoms with Gasteiger partial charge in [-0.15, -0.1) is 0 Å². The number of aromatic amines is 1. The van der Waals surface area contributed by atoms with Gasteiger partial charge in [-0.3, -0.25) is 5.10 Å². The molecule has 0 spiro atoms. The molecule has 1 saturated carbocycles. The van der Waals surface area contributed by atoms with Crippen LogP contribution in [0, 0.1) is 0 Å². The Morgan fingerprint density at radius 1 is 1.12 bits per heavy atom. The van der Waals surface area contributed by atoms with Crippen LogP contribution in [-0.2, 0) is 0 Å². The third-order valence-corrected chi connectivity index (χ3v) is 3.90. The number of nitrogens with one attached hydrogen (secondary N) is 1. The Hall–Kier alpha value is -1.51. The minimum Gasteiger partial charge on any atom is -0.398 e. The molecule has 3 nitrogen and oxygen atoms in total. The van der Waals surface area contributed by atoms with Crippen molar-refractivity contribution in [2.24, 2.45) is 0 Å². The van der Waals surface area contributed by atoms with Gasteiger partial charge in [-0.25, -0.2) is 0 Å². The largest absolute Gasteiger partial charge is 0.398 e. The molecule has 0 amide bonds. The number of nitrogen functional groups attached to an aromatic ring is 1. The number of fused-ring (bicyclic) bond motifs is 1. The fourth-order valence-electron chi connectivity index (χ4n) is 2.98. The first-order chi connectivity index (χ1) is 8.36. The van der Waals surface area contributed by atoms with Gasteiger partial charge in [-0.2, -0.15) is 5.10 Å². The van der Waals surface area contributed by atoms with Crippen LogP contribution >= 0.6 is 0 Å². The van der Waals surface area contributed by atoms with E-state index in [1.807, 2.05) is 18.2 Å². The van der Waals surface area contributed by atoms with E-state index in [1.165, 1.54) is 44.2 Å². The number of H-pyrrole nitrogens is 1. The Labute approximate surface area is 101 Å². The maximum atomic E-state index is 6.09. The number of hydrogen-bond donors (Lipinski definition) is 2. The molecular formula is C14H19N3. The van der Waals surface area contributed by atoms with E-state index in [9.17, 15) is 0 Å². The molecule has 0 aliphatic heterocycles. The summed E-state index contributed by atoms with van der Waals surface area (Å²) in [4.78, 5) is 0. The molecule has 0 saturated heterocycles. The summed E-state index contributed by atoms with van der Waals surface area (Å²) in [6, 6.07) is 5.97. The first-order valence-corrected chi connectivity index (χ1v) is 6.59. The lowest BCUT2D eigenvalue weighted by atomic mass is 9.94. The molecule has 90 valence electrons. The van der Waals surface area contributed by atoms with E-state index in [2.05, 4.69) is 10.2 Å². The molecule has 2 aromatic rings. The third-order valence-electron chi connectivity index (χ3n) is 3.90. The van der Waals surface area contributed by atoms with Crippen LogP contribution < -0.4 is 5.73 Å². The molecule has 0 unspecified atom stereocenters. The molecule has 1 heterocycles. The lowest BCUT2D eigenvalue weighted by Crippen LogP contribution is -1.99. The third kappa shape index (κ3) is 1.90. The van der Waals surface area contributed by atoms with Gasteiger partial charge in [0, 0.05) is 22.7 Å². The van der Waals surface area contributed by atoms with Crippen LogP contribution in [0.2, 0.25) is 0 Å². The number of nitrogens with zero attached hydrogens (tertiary/aromatic N) is 1. The summed E-state index contributed by atoms with van der Waals surface area (Å²) in [5.74, 6) is 0.618. The van der Waals surface area contributed by atoms with Crippen molar-refractivity contribution in [2.75, 3.05) is 5.73 Å². The minimum atomic E-state index is 0.618. The highest BCUT2D eigenvalue weighted by Gasteiger charge is 2.19. The van der Waals surface area contributed by atoms with E-state index >= 15 is 0 Å². The monoisotopic (exact) mass is 229 g/mol. The van der Waals surface area contributed by atoms with Crippen molar-refractivity contribution < 1.29 is 0 Å². The Kier molecular flexibility index (Phi) is 2.75. The molecule has 0 radical (unpaired) electrons. The predicted molar refractivity (Wildman–Crippen MR) is 70.9 cm³/mol. The second-order valence-electron chi connectivity index (χ2n) is 5.07. The Bertz CT molecular complexity index is 507. The number of anilines is 1. The number of rotatable bonds is 1. The fourth-order valence-corrected chi connectivity index (χ4v) is 2.98. The predicted octanol–water partition coefficient (Wildman–Crippen LogP) is 3.58. The van der Waals surface area contributed by atoms with Crippen LogP contribution in [0.15, 0.2) is 18.2 Å². The lowest BCUT2D eigenvalue weighted by molar-refractivity contribution is 0.579. The van der Waals surface area contributed by atoms with Gasteiger partial charge in [0.2, 0.25) is 0 Å². The maximum absolute atomic E-state index is 6.09. The molecule has 0 atom stereocenters. The molecule has 0 bridgehead atoms. The highest BCUT2D eigenvalue weighted by Crippen LogP contribution is 2.35.